The Bertz CT molecular complexity index is 1300. The summed E-state index contributed by atoms with van der Waals surface area (Å²) in [4.78, 5) is 37.9. The van der Waals surface area contributed by atoms with Crippen LogP contribution < -0.4 is 19.7 Å². The molecule has 2 heterocycles. The molecule has 2 N–H and O–H groups in total. The van der Waals surface area contributed by atoms with E-state index in [4.69, 9.17) is 9.47 Å². The number of nitrogens with one attached hydrogen (secondary N) is 2. The molecular weight excluding hydrogens is 442 g/mol. The number of aromatic nitrogens is 4. The maximum absolute atomic E-state index is 13.1. The van der Waals surface area contributed by atoms with E-state index in [0.29, 0.717) is 5.52 Å². The van der Waals surface area contributed by atoms with Crippen LogP contribution in [-0.2, 0) is 21.8 Å². The number of rotatable bonds is 6. The van der Waals surface area contributed by atoms with Gasteiger partial charge >= 0.3 is 18.0 Å². The number of para-hydroxylation sites is 1. The number of nitrogens with zero attached hydrogens (tertiary/aromatic N) is 5. The summed E-state index contributed by atoms with van der Waals surface area (Å²) in [5.74, 6) is -0.932. The third kappa shape index (κ3) is 4.25. The van der Waals surface area contributed by atoms with Crippen LogP contribution in [0.3, 0.4) is 0 Å². The number of benzene rings is 1. The summed E-state index contributed by atoms with van der Waals surface area (Å²) in [6, 6.07) is 5.24. The molecular formula is C18H21N7O6S. The van der Waals surface area contributed by atoms with Crippen molar-refractivity contribution in [1.82, 2.24) is 24.2 Å². The minimum atomic E-state index is -4.51. The third-order valence-electron chi connectivity index (χ3n) is 4.35. The molecule has 170 valence electrons. The molecule has 3 aromatic rings. The molecule has 0 unspecified atom stereocenters. The first-order valence-electron chi connectivity index (χ1n) is 9.06. The van der Waals surface area contributed by atoms with Crippen LogP contribution in [0.4, 0.5) is 16.7 Å². The summed E-state index contributed by atoms with van der Waals surface area (Å²) in [7, 11) is 2.80. The van der Waals surface area contributed by atoms with Crippen LogP contribution in [0.1, 0.15) is 10.5 Å². The molecule has 14 heteroatoms. The van der Waals surface area contributed by atoms with Gasteiger partial charge in [0, 0.05) is 32.0 Å². The van der Waals surface area contributed by atoms with Gasteiger partial charge in [0.2, 0.25) is 11.9 Å². The van der Waals surface area contributed by atoms with E-state index >= 15 is 0 Å². The number of amides is 2. The monoisotopic (exact) mass is 463 g/mol. The number of hydrogen-bond donors (Lipinski definition) is 2. The molecule has 0 fully saturated rings. The first kappa shape index (κ1) is 22.7. The molecule has 13 nitrogen and oxygen atoms in total. The van der Waals surface area contributed by atoms with Crippen molar-refractivity contribution in [2.45, 2.75) is 4.90 Å². The number of esters is 1. The Morgan fingerprint density at radius 2 is 1.78 bits per heavy atom. The molecule has 2 amide bonds. The number of carbonyl (C=O) groups is 2. The number of methoxy groups -OCH3 is 2. The van der Waals surface area contributed by atoms with Crippen LogP contribution >= 0.6 is 0 Å². The van der Waals surface area contributed by atoms with Crippen molar-refractivity contribution >= 4 is 44.8 Å². The summed E-state index contributed by atoms with van der Waals surface area (Å²) >= 11 is 0. The number of ether oxygens (including phenoxy) is 2. The lowest BCUT2D eigenvalue weighted by Gasteiger charge is -2.13. The van der Waals surface area contributed by atoms with Crippen LogP contribution in [0.25, 0.3) is 10.9 Å². The molecule has 0 atom stereocenters. The lowest BCUT2D eigenvalue weighted by molar-refractivity contribution is 0.0585. The predicted octanol–water partition coefficient (Wildman–Crippen LogP) is 0.735. The summed E-state index contributed by atoms with van der Waals surface area (Å²) in [5, 5.41) is 2.48. The maximum Gasteiger partial charge on any atom is 0.356 e. The van der Waals surface area contributed by atoms with E-state index in [1.807, 2.05) is 4.72 Å². The molecule has 0 bridgehead atoms. The molecule has 2 aromatic heterocycles. The third-order valence-corrected chi connectivity index (χ3v) is 5.75. The zero-order valence-electron chi connectivity index (χ0n) is 17.9. The molecule has 0 aliphatic rings. The van der Waals surface area contributed by atoms with Gasteiger partial charge in [0.15, 0.2) is 0 Å². The Labute approximate surface area is 183 Å². The summed E-state index contributed by atoms with van der Waals surface area (Å²) in [6.07, 6.45) is 0. The van der Waals surface area contributed by atoms with E-state index < -0.39 is 22.0 Å². The van der Waals surface area contributed by atoms with Gasteiger partial charge in [-0.05, 0) is 6.07 Å². The molecule has 0 saturated carbocycles. The quantitative estimate of drug-likeness (QED) is 0.499. The van der Waals surface area contributed by atoms with Crippen LogP contribution in [0.15, 0.2) is 29.2 Å². The largest absolute Gasteiger partial charge is 0.467 e. The van der Waals surface area contributed by atoms with Gasteiger partial charge in [-0.1, -0.05) is 18.2 Å². The molecule has 3 rings (SSSR count). The highest BCUT2D eigenvalue weighted by Gasteiger charge is 2.32. The second-order valence-electron chi connectivity index (χ2n) is 6.65. The normalized spacial score (nSPS) is 11.2. The van der Waals surface area contributed by atoms with E-state index in [1.165, 1.54) is 24.8 Å². The van der Waals surface area contributed by atoms with Gasteiger partial charge in [-0.15, -0.1) is 0 Å². The standard InChI is InChI=1S/C18H21N7O6S/c1-24(2)16-19-15(21-18(22-16)31-5)20-17(27)23-32(28,29)13-10-8-6-7-9-11(10)25(3)12(13)14(26)30-4/h6-9H,1-5H3,(H2,19,20,21,22,23,27). The average molecular weight is 463 g/mol. The lowest BCUT2D eigenvalue weighted by atomic mass is 10.2. The van der Waals surface area contributed by atoms with Crippen LogP contribution in [-0.4, -0.2) is 68.3 Å². The zero-order valence-corrected chi connectivity index (χ0v) is 18.7. The lowest BCUT2D eigenvalue weighted by Crippen LogP contribution is -2.36. The summed E-state index contributed by atoms with van der Waals surface area (Å²) in [6.45, 7) is 0. The van der Waals surface area contributed by atoms with Gasteiger partial charge in [-0.3, -0.25) is 5.32 Å². The van der Waals surface area contributed by atoms with Crippen molar-refractivity contribution in [2.75, 3.05) is 38.5 Å². The van der Waals surface area contributed by atoms with Gasteiger partial charge in [-0.2, -0.15) is 15.0 Å². The average Bonchev–Trinajstić information content (AvgIpc) is 3.06. The number of aryl methyl sites for hydroxylation is 1. The van der Waals surface area contributed by atoms with Crippen LogP contribution in [0, 0.1) is 0 Å². The Kier molecular flexibility index (Phi) is 6.16. The van der Waals surface area contributed by atoms with Gasteiger partial charge in [-0.25, -0.2) is 22.7 Å². The van der Waals surface area contributed by atoms with Gasteiger partial charge in [0.25, 0.3) is 10.0 Å². The fraction of sp³-hybridized carbons (Fsp3) is 0.278. The van der Waals surface area contributed by atoms with E-state index in [9.17, 15) is 18.0 Å². The van der Waals surface area contributed by atoms with Crippen molar-refractivity contribution in [3.8, 4) is 6.01 Å². The zero-order chi connectivity index (χ0) is 23.6. The molecule has 0 aliphatic heterocycles. The van der Waals surface area contributed by atoms with Crippen LogP contribution in [0.2, 0.25) is 0 Å². The molecule has 0 spiro atoms. The number of fused-ring (bicyclic) bond motifs is 1. The highest BCUT2D eigenvalue weighted by molar-refractivity contribution is 7.90. The van der Waals surface area contributed by atoms with Crippen molar-refractivity contribution in [1.29, 1.82) is 0 Å². The Balaban J connectivity index is 1.99. The van der Waals surface area contributed by atoms with Gasteiger partial charge in [0.05, 0.1) is 14.2 Å². The summed E-state index contributed by atoms with van der Waals surface area (Å²) < 4.78 is 39.2. The Morgan fingerprint density at radius 3 is 2.41 bits per heavy atom. The fourth-order valence-corrected chi connectivity index (χ4v) is 4.28. The SMILES string of the molecule is COC(=O)c1c(S(=O)(=O)NC(=O)Nc2nc(OC)nc(N(C)C)n2)c2ccccc2n1C. The van der Waals surface area contributed by atoms with E-state index in [-0.39, 0.29) is 33.9 Å². The van der Waals surface area contributed by atoms with Crippen molar-refractivity contribution in [2.24, 2.45) is 7.05 Å². The van der Waals surface area contributed by atoms with Crippen molar-refractivity contribution in [3.05, 3.63) is 30.0 Å². The molecule has 1 aromatic carbocycles. The highest BCUT2D eigenvalue weighted by Crippen LogP contribution is 2.30. The second kappa shape index (κ2) is 8.66. The smallest absolute Gasteiger partial charge is 0.356 e. The topological polar surface area (TPSA) is 158 Å². The Morgan fingerprint density at radius 1 is 1.09 bits per heavy atom. The van der Waals surface area contributed by atoms with E-state index in [0.717, 1.165) is 7.11 Å². The molecule has 0 saturated heterocycles. The summed E-state index contributed by atoms with van der Waals surface area (Å²) in [5.41, 5.74) is 0.234. The van der Waals surface area contributed by atoms with Crippen LogP contribution in [0.5, 0.6) is 6.01 Å². The first-order chi connectivity index (χ1) is 15.1. The van der Waals surface area contributed by atoms with Gasteiger partial charge in [0.1, 0.15) is 10.6 Å². The van der Waals surface area contributed by atoms with Crippen molar-refractivity contribution in [3.63, 3.8) is 0 Å². The number of sulfonamides is 1. The number of carbonyl (C=O) groups excluding carboxylic acids is 2. The highest BCUT2D eigenvalue weighted by atomic mass is 32.2. The first-order valence-corrected chi connectivity index (χ1v) is 10.5. The fourth-order valence-electron chi connectivity index (χ4n) is 2.95. The minimum Gasteiger partial charge on any atom is -0.467 e. The van der Waals surface area contributed by atoms with E-state index in [1.54, 1.807) is 37.2 Å². The molecule has 32 heavy (non-hydrogen) atoms. The molecule has 0 aliphatic carbocycles. The predicted molar refractivity (Wildman–Crippen MR) is 114 cm³/mol. The number of hydrogen-bond acceptors (Lipinski definition) is 10. The number of anilines is 2. The second-order valence-corrected chi connectivity index (χ2v) is 8.26. The Hall–Kier alpha value is -3.94. The minimum absolute atomic E-state index is 0.0797. The van der Waals surface area contributed by atoms with Crippen molar-refractivity contribution < 1.29 is 27.5 Å². The number of urea groups is 1. The molecule has 0 radical (unpaired) electrons. The van der Waals surface area contributed by atoms with E-state index in [2.05, 4.69) is 20.3 Å². The maximum atomic E-state index is 13.1. The van der Waals surface area contributed by atoms with Gasteiger partial charge < -0.3 is 18.9 Å².